The first-order valence-electron chi connectivity index (χ1n) is 6.87. The first kappa shape index (κ1) is 19.9. The van der Waals surface area contributed by atoms with Gasteiger partial charge in [0.25, 0.3) is 5.91 Å². The number of nitrogens with one attached hydrogen (secondary N) is 2. The molecule has 1 atom stereocenters. The second-order valence-corrected chi connectivity index (χ2v) is 4.96. The first-order chi connectivity index (χ1) is 10.8. The molecule has 0 aliphatic rings. The lowest BCUT2D eigenvalue weighted by Gasteiger charge is -2.11. The maximum absolute atomic E-state index is 13.0. The van der Waals surface area contributed by atoms with Crippen molar-refractivity contribution >= 4 is 18.3 Å². The number of amides is 1. The van der Waals surface area contributed by atoms with E-state index >= 15 is 0 Å². The van der Waals surface area contributed by atoms with Crippen LogP contribution in [0.2, 0.25) is 0 Å². The summed E-state index contributed by atoms with van der Waals surface area (Å²) in [6, 6.07) is 5.02. The SMILES string of the molecule is CNC(C)CNC(=O)c1cn(-c2ccccc2C(F)(F)F)nn1.Cl. The number of para-hydroxylation sites is 1. The minimum Gasteiger partial charge on any atom is -0.349 e. The van der Waals surface area contributed by atoms with Gasteiger partial charge in [-0.1, -0.05) is 17.3 Å². The monoisotopic (exact) mass is 363 g/mol. The van der Waals surface area contributed by atoms with Crippen molar-refractivity contribution < 1.29 is 18.0 Å². The van der Waals surface area contributed by atoms with Gasteiger partial charge >= 0.3 is 6.18 Å². The van der Waals surface area contributed by atoms with E-state index in [1.54, 1.807) is 7.05 Å². The Morgan fingerprint density at radius 1 is 1.33 bits per heavy atom. The standard InChI is InChI=1S/C14H16F3N5O.ClH/c1-9(18-2)7-19-13(23)11-8-22(21-20-11)12-6-4-3-5-10(12)14(15,16)17;/h3-6,8-9,18H,7H2,1-2H3,(H,19,23);1H. The van der Waals surface area contributed by atoms with Crippen LogP contribution in [0.3, 0.4) is 0 Å². The summed E-state index contributed by atoms with van der Waals surface area (Å²) in [6.07, 6.45) is -3.35. The van der Waals surface area contributed by atoms with Crippen LogP contribution in [0, 0.1) is 0 Å². The van der Waals surface area contributed by atoms with E-state index in [0.717, 1.165) is 10.7 Å². The molecule has 0 aliphatic carbocycles. The molecule has 2 rings (SSSR count). The molecule has 0 saturated heterocycles. The Balaban J connectivity index is 0.00000288. The topological polar surface area (TPSA) is 71.8 Å². The highest BCUT2D eigenvalue weighted by Gasteiger charge is 2.34. The normalized spacial score (nSPS) is 12.4. The Bertz CT molecular complexity index is 689. The molecule has 0 radical (unpaired) electrons. The lowest BCUT2D eigenvalue weighted by atomic mass is 10.1. The largest absolute Gasteiger partial charge is 0.418 e. The summed E-state index contributed by atoms with van der Waals surface area (Å²) in [5, 5.41) is 12.8. The van der Waals surface area contributed by atoms with Crippen LogP contribution >= 0.6 is 12.4 Å². The van der Waals surface area contributed by atoms with Gasteiger partial charge in [-0.05, 0) is 26.1 Å². The quantitative estimate of drug-likeness (QED) is 0.853. The fourth-order valence-corrected chi connectivity index (χ4v) is 1.84. The number of carbonyl (C=O) groups is 1. The van der Waals surface area contributed by atoms with Crippen LogP contribution in [-0.4, -0.2) is 40.5 Å². The number of benzene rings is 1. The van der Waals surface area contributed by atoms with E-state index in [-0.39, 0.29) is 29.8 Å². The molecule has 1 heterocycles. The van der Waals surface area contributed by atoms with E-state index in [4.69, 9.17) is 0 Å². The van der Waals surface area contributed by atoms with Crippen molar-refractivity contribution in [3.8, 4) is 5.69 Å². The zero-order valence-electron chi connectivity index (χ0n) is 13.0. The number of likely N-dealkylation sites (N-methyl/N-ethyl adjacent to an activating group) is 1. The van der Waals surface area contributed by atoms with E-state index in [1.807, 2.05) is 6.92 Å². The van der Waals surface area contributed by atoms with Crippen molar-refractivity contribution in [3.63, 3.8) is 0 Å². The van der Waals surface area contributed by atoms with Crippen LogP contribution in [0.5, 0.6) is 0 Å². The van der Waals surface area contributed by atoms with Gasteiger partial charge < -0.3 is 10.6 Å². The highest BCUT2D eigenvalue weighted by molar-refractivity contribution is 5.91. The van der Waals surface area contributed by atoms with Gasteiger partial charge in [-0.2, -0.15) is 13.2 Å². The smallest absolute Gasteiger partial charge is 0.349 e. The molecular weight excluding hydrogens is 347 g/mol. The molecule has 24 heavy (non-hydrogen) atoms. The van der Waals surface area contributed by atoms with Gasteiger partial charge in [-0.3, -0.25) is 4.79 Å². The molecule has 0 spiro atoms. The van der Waals surface area contributed by atoms with Crippen molar-refractivity contribution in [1.29, 1.82) is 0 Å². The molecule has 2 aromatic rings. The van der Waals surface area contributed by atoms with Gasteiger partial charge in [0.1, 0.15) is 0 Å². The fraction of sp³-hybridized carbons (Fsp3) is 0.357. The summed E-state index contributed by atoms with van der Waals surface area (Å²) in [6.45, 7) is 2.23. The number of hydrogen-bond acceptors (Lipinski definition) is 4. The Labute approximate surface area is 142 Å². The van der Waals surface area contributed by atoms with Crippen molar-refractivity contribution in [3.05, 3.63) is 41.7 Å². The highest BCUT2D eigenvalue weighted by atomic mass is 35.5. The average Bonchev–Trinajstić information content (AvgIpc) is 3.01. The van der Waals surface area contributed by atoms with Crippen molar-refractivity contribution in [1.82, 2.24) is 25.6 Å². The third-order valence-electron chi connectivity index (χ3n) is 3.24. The van der Waals surface area contributed by atoms with E-state index in [0.29, 0.717) is 6.54 Å². The molecule has 0 aliphatic heterocycles. The van der Waals surface area contributed by atoms with E-state index < -0.39 is 17.6 Å². The zero-order chi connectivity index (χ0) is 17.0. The number of rotatable bonds is 5. The molecule has 0 bridgehead atoms. The molecule has 1 unspecified atom stereocenters. The molecule has 1 amide bonds. The number of nitrogens with zero attached hydrogens (tertiary/aromatic N) is 3. The second-order valence-electron chi connectivity index (χ2n) is 4.96. The van der Waals surface area contributed by atoms with Gasteiger partial charge in [-0.15, -0.1) is 17.5 Å². The molecule has 132 valence electrons. The minimum absolute atomic E-state index is 0. The summed E-state index contributed by atoms with van der Waals surface area (Å²) in [5.41, 5.74) is -1.08. The van der Waals surface area contributed by atoms with Gasteiger partial charge in [0.05, 0.1) is 17.4 Å². The number of hydrogen-bond donors (Lipinski definition) is 2. The van der Waals surface area contributed by atoms with Gasteiger partial charge in [0.2, 0.25) is 0 Å². The maximum atomic E-state index is 13.0. The molecule has 10 heteroatoms. The van der Waals surface area contributed by atoms with Crippen LogP contribution in [0.4, 0.5) is 13.2 Å². The Kier molecular flexibility index (Phi) is 6.73. The Morgan fingerprint density at radius 3 is 2.62 bits per heavy atom. The molecule has 2 N–H and O–H groups in total. The van der Waals surface area contributed by atoms with Gasteiger partial charge in [0.15, 0.2) is 5.69 Å². The van der Waals surface area contributed by atoms with Crippen LogP contribution in [0.25, 0.3) is 5.69 Å². The molecule has 1 aromatic carbocycles. The predicted molar refractivity (Wildman–Crippen MR) is 84.5 cm³/mol. The maximum Gasteiger partial charge on any atom is 0.418 e. The van der Waals surface area contributed by atoms with E-state index in [1.165, 1.54) is 24.4 Å². The summed E-state index contributed by atoms with van der Waals surface area (Å²) >= 11 is 0. The molecule has 1 aromatic heterocycles. The van der Waals surface area contributed by atoms with Gasteiger partial charge in [0, 0.05) is 12.6 Å². The van der Waals surface area contributed by atoms with Gasteiger partial charge in [-0.25, -0.2) is 4.68 Å². The third-order valence-corrected chi connectivity index (χ3v) is 3.24. The van der Waals surface area contributed by atoms with Crippen molar-refractivity contribution in [2.24, 2.45) is 0 Å². The van der Waals surface area contributed by atoms with Crippen LogP contribution in [-0.2, 0) is 6.18 Å². The number of aromatic nitrogens is 3. The molecule has 0 fully saturated rings. The minimum atomic E-state index is -4.52. The lowest BCUT2D eigenvalue weighted by molar-refractivity contribution is -0.137. The summed E-state index contributed by atoms with van der Waals surface area (Å²) in [5.74, 6) is -0.497. The lowest BCUT2D eigenvalue weighted by Crippen LogP contribution is -2.37. The van der Waals surface area contributed by atoms with Crippen molar-refractivity contribution in [2.75, 3.05) is 13.6 Å². The van der Waals surface area contributed by atoms with E-state index in [9.17, 15) is 18.0 Å². The van der Waals surface area contributed by atoms with Crippen LogP contribution in [0.15, 0.2) is 30.5 Å². The molecule has 6 nitrogen and oxygen atoms in total. The predicted octanol–water partition coefficient (Wildman–Crippen LogP) is 2.05. The number of alkyl halides is 3. The summed E-state index contributed by atoms with van der Waals surface area (Å²) in [4.78, 5) is 11.9. The average molecular weight is 364 g/mol. The third kappa shape index (κ3) is 4.68. The molecule has 0 saturated carbocycles. The zero-order valence-corrected chi connectivity index (χ0v) is 13.8. The van der Waals surface area contributed by atoms with E-state index in [2.05, 4.69) is 20.9 Å². The first-order valence-corrected chi connectivity index (χ1v) is 6.87. The Morgan fingerprint density at radius 2 is 2.00 bits per heavy atom. The Hall–Kier alpha value is -2.13. The highest BCUT2D eigenvalue weighted by Crippen LogP contribution is 2.33. The molecular formula is C14H17ClF3N5O. The summed E-state index contributed by atoms with van der Waals surface area (Å²) < 4.78 is 39.9. The second kappa shape index (κ2) is 8.11. The fourth-order valence-electron chi connectivity index (χ4n) is 1.84. The van der Waals surface area contributed by atoms with Crippen molar-refractivity contribution in [2.45, 2.75) is 19.1 Å². The summed E-state index contributed by atoms with van der Waals surface area (Å²) in [7, 11) is 1.75. The van der Waals surface area contributed by atoms with Crippen LogP contribution in [0.1, 0.15) is 23.0 Å². The number of carbonyl (C=O) groups excluding carboxylic acids is 1. The number of halogens is 4. The van der Waals surface area contributed by atoms with Crippen LogP contribution < -0.4 is 10.6 Å².